The summed E-state index contributed by atoms with van der Waals surface area (Å²) in [5.74, 6) is -0.794. The van der Waals surface area contributed by atoms with E-state index in [1.165, 1.54) is 24.3 Å². The second-order valence-electron chi connectivity index (χ2n) is 4.57. The Balaban J connectivity index is 2.11. The zero-order valence-corrected chi connectivity index (χ0v) is 12.7. The van der Waals surface area contributed by atoms with E-state index in [1.54, 1.807) is 30.3 Å². The Morgan fingerprint density at radius 3 is 2.39 bits per heavy atom. The molecule has 0 spiro atoms. The Labute approximate surface area is 133 Å². The lowest BCUT2D eigenvalue weighted by atomic mass is 10.1. The van der Waals surface area contributed by atoms with Gasteiger partial charge < -0.3 is 5.73 Å². The van der Waals surface area contributed by atoms with Crippen molar-refractivity contribution in [3.8, 4) is 6.07 Å². The van der Waals surface area contributed by atoms with Gasteiger partial charge in [-0.2, -0.15) is 5.26 Å². The molecule has 0 aliphatic carbocycles. The van der Waals surface area contributed by atoms with Crippen molar-refractivity contribution in [3.63, 3.8) is 0 Å². The van der Waals surface area contributed by atoms with E-state index in [4.69, 9.17) is 11.0 Å². The van der Waals surface area contributed by atoms with E-state index in [-0.39, 0.29) is 10.6 Å². The number of para-hydroxylation sites is 1. The van der Waals surface area contributed by atoms with E-state index in [2.05, 4.69) is 0 Å². The van der Waals surface area contributed by atoms with Crippen LogP contribution in [0.25, 0.3) is 6.08 Å². The fraction of sp³-hybridized carbons (Fsp3) is 0. The zero-order valence-electron chi connectivity index (χ0n) is 11.9. The van der Waals surface area contributed by atoms with Crippen LogP contribution >= 0.6 is 0 Å². The number of nitriles is 1. The number of nitrogen functional groups attached to an aromatic ring is 1. The summed E-state index contributed by atoms with van der Waals surface area (Å²) in [6.45, 7) is 0. The lowest BCUT2D eigenvalue weighted by Crippen LogP contribution is -2.29. The number of benzene rings is 2. The number of amides is 1. The maximum absolute atomic E-state index is 12.1. The largest absolute Gasteiger partial charge is 0.398 e. The smallest absolute Gasteiger partial charge is 0.266 e. The summed E-state index contributed by atoms with van der Waals surface area (Å²) >= 11 is 0. The summed E-state index contributed by atoms with van der Waals surface area (Å²) in [6, 6.07) is 14.3. The average Bonchev–Trinajstić information content (AvgIpc) is 2.53. The van der Waals surface area contributed by atoms with E-state index in [0.717, 1.165) is 6.08 Å². The zero-order chi connectivity index (χ0) is 16.9. The van der Waals surface area contributed by atoms with Crippen LogP contribution in [0.1, 0.15) is 11.1 Å². The Bertz CT molecular complexity index is 895. The highest BCUT2D eigenvalue weighted by molar-refractivity contribution is 7.90. The Morgan fingerprint density at radius 1 is 1.13 bits per heavy atom. The molecule has 0 unspecified atom stereocenters. The predicted molar refractivity (Wildman–Crippen MR) is 86.4 cm³/mol. The quantitative estimate of drug-likeness (QED) is 0.655. The number of anilines is 1. The Kier molecular flexibility index (Phi) is 4.79. The van der Waals surface area contributed by atoms with E-state index in [9.17, 15) is 13.2 Å². The number of rotatable bonds is 4. The minimum absolute atomic E-state index is 0.0591. The molecular weight excluding hydrogens is 314 g/mol. The summed E-state index contributed by atoms with van der Waals surface area (Å²) in [7, 11) is -4.02. The van der Waals surface area contributed by atoms with Crippen LogP contribution in [0.3, 0.4) is 0 Å². The van der Waals surface area contributed by atoms with Gasteiger partial charge in [-0.05, 0) is 35.9 Å². The van der Waals surface area contributed by atoms with Gasteiger partial charge in [0, 0.05) is 6.08 Å². The van der Waals surface area contributed by atoms with Crippen molar-refractivity contribution in [1.82, 2.24) is 4.72 Å². The Hall–Kier alpha value is -3.11. The van der Waals surface area contributed by atoms with Crippen LogP contribution in [-0.4, -0.2) is 14.3 Å². The van der Waals surface area contributed by atoms with Gasteiger partial charge in [-0.25, -0.2) is 13.1 Å². The summed E-state index contributed by atoms with van der Waals surface area (Å²) in [5, 5.41) is 8.70. The second-order valence-corrected chi connectivity index (χ2v) is 6.23. The number of hydrogen-bond acceptors (Lipinski definition) is 5. The van der Waals surface area contributed by atoms with E-state index >= 15 is 0 Å². The van der Waals surface area contributed by atoms with Crippen LogP contribution in [0, 0.1) is 11.3 Å². The maximum atomic E-state index is 12.1. The molecule has 3 N–H and O–H groups in total. The van der Waals surface area contributed by atoms with Gasteiger partial charge in [0.2, 0.25) is 0 Å². The molecule has 1 amide bonds. The molecule has 0 fully saturated rings. The molecule has 0 atom stereocenters. The third kappa shape index (κ3) is 4.18. The van der Waals surface area contributed by atoms with Crippen molar-refractivity contribution in [2.24, 2.45) is 0 Å². The van der Waals surface area contributed by atoms with Gasteiger partial charge in [0.15, 0.2) is 0 Å². The summed E-state index contributed by atoms with van der Waals surface area (Å²) in [6.07, 6.45) is 2.54. The highest BCUT2D eigenvalue weighted by Gasteiger charge is 2.18. The maximum Gasteiger partial charge on any atom is 0.266 e. The number of nitrogens with one attached hydrogen (secondary N) is 1. The summed E-state index contributed by atoms with van der Waals surface area (Å²) in [4.78, 5) is 11.6. The van der Waals surface area contributed by atoms with Crippen molar-refractivity contribution in [2.75, 3.05) is 5.73 Å². The first-order valence-corrected chi connectivity index (χ1v) is 8.00. The molecule has 116 valence electrons. The third-order valence-corrected chi connectivity index (χ3v) is 4.33. The molecular formula is C16H13N3O3S. The fourth-order valence-corrected chi connectivity index (χ4v) is 2.87. The molecule has 7 heteroatoms. The monoisotopic (exact) mass is 327 g/mol. The van der Waals surface area contributed by atoms with Crippen LogP contribution in [0.4, 0.5) is 5.69 Å². The molecule has 2 rings (SSSR count). The molecule has 6 nitrogen and oxygen atoms in total. The number of carbonyl (C=O) groups is 1. The number of nitrogens with two attached hydrogens (primary N) is 1. The molecule has 2 aromatic carbocycles. The van der Waals surface area contributed by atoms with E-state index < -0.39 is 15.9 Å². The van der Waals surface area contributed by atoms with Gasteiger partial charge in [-0.1, -0.05) is 24.3 Å². The number of carbonyl (C=O) groups excluding carboxylic acids is 1. The molecule has 0 radical (unpaired) electrons. The van der Waals surface area contributed by atoms with Crippen molar-refractivity contribution in [3.05, 3.63) is 65.7 Å². The topological polar surface area (TPSA) is 113 Å². The molecule has 0 saturated heterocycles. The van der Waals surface area contributed by atoms with Crippen molar-refractivity contribution < 1.29 is 13.2 Å². The number of nitrogens with zero attached hydrogens (tertiary/aromatic N) is 1. The number of sulfonamides is 1. The molecule has 2 aromatic rings. The van der Waals surface area contributed by atoms with Gasteiger partial charge in [-0.3, -0.25) is 4.79 Å². The first-order valence-electron chi connectivity index (χ1n) is 6.52. The highest BCUT2D eigenvalue weighted by Crippen LogP contribution is 2.16. The summed E-state index contributed by atoms with van der Waals surface area (Å²) in [5.41, 5.74) is 6.82. The summed E-state index contributed by atoms with van der Waals surface area (Å²) < 4.78 is 26.1. The molecule has 0 bridgehead atoms. The first kappa shape index (κ1) is 16.3. The van der Waals surface area contributed by atoms with Crippen LogP contribution in [0.2, 0.25) is 0 Å². The molecule has 0 aromatic heterocycles. The van der Waals surface area contributed by atoms with Crippen LogP contribution in [0.5, 0.6) is 0 Å². The average molecular weight is 327 g/mol. The van der Waals surface area contributed by atoms with E-state index in [0.29, 0.717) is 11.1 Å². The lowest BCUT2D eigenvalue weighted by Gasteiger charge is -2.07. The fourth-order valence-electron chi connectivity index (χ4n) is 1.79. The molecule has 0 aliphatic heterocycles. The van der Waals surface area contributed by atoms with Gasteiger partial charge in [-0.15, -0.1) is 0 Å². The van der Waals surface area contributed by atoms with E-state index in [1.807, 2.05) is 10.8 Å². The highest BCUT2D eigenvalue weighted by atomic mass is 32.2. The molecule has 0 saturated carbocycles. The normalized spacial score (nSPS) is 11.1. The SMILES string of the molecule is N#Cc1ccc(/C=C/C(=O)NS(=O)(=O)c2ccccc2N)cc1. The molecule has 0 heterocycles. The molecule has 23 heavy (non-hydrogen) atoms. The van der Waals surface area contributed by atoms with Crippen LogP contribution in [0.15, 0.2) is 59.5 Å². The second kappa shape index (κ2) is 6.77. The van der Waals surface area contributed by atoms with Crippen molar-refractivity contribution >= 4 is 27.7 Å². The van der Waals surface area contributed by atoms with Crippen LogP contribution in [-0.2, 0) is 14.8 Å². The minimum atomic E-state index is -4.02. The first-order chi connectivity index (χ1) is 10.9. The standard InChI is InChI=1S/C16H13N3O3S/c17-11-13-7-5-12(6-8-13)9-10-16(20)19-23(21,22)15-4-2-1-3-14(15)18/h1-10H,18H2,(H,19,20)/b10-9+. The Morgan fingerprint density at radius 2 is 1.78 bits per heavy atom. The van der Waals surface area contributed by atoms with Gasteiger partial charge >= 0.3 is 0 Å². The lowest BCUT2D eigenvalue weighted by molar-refractivity contribution is -0.114. The van der Waals surface area contributed by atoms with Crippen molar-refractivity contribution in [2.45, 2.75) is 4.90 Å². The van der Waals surface area contributed by atoms with Gasteiger partial charge in [0.25, 0.3) is 15.9 Å². The number of hydrogen-bond donors (Lipinski definition) is 2. The van der Waals surface area contributed by atoms with Crippen LogP contribution < -0.4 is 10.5 Å². The van der Waals surface area contributed by atoms with Crippen molar-refractivity contribution in [1.29, 1.82) is 5.26 Å². The minimum Gasteiger partial charge on any atom is -0.398 e. The van der Waals surface area contributed by atoms with Gasteiger partial charge in [0.05, 0.1) is 17.3 Å². The third-order valence-electron chi connectivity index (χ3n) is 2.91. The predicted octanol–water partition coefficient (Wildman–Crippen LogP) is 1.66. The molecule has 0 aliphatic rings. The van der Waals surface area contributed by atoms with Gasteiger partial charge in [0.1, 0.15) is 4.90 Å².